The number of ether oxygens (including phenoxy) is 2. The number of nitrogens with zero attached hydrogens (tertiary/aromatic N) is 1. The van der Waals surface area contributed by atoms with Crippen LogP contribution in [-0.2, 0) is 6.61 Å². The van der Waals surface area contributed by atoms with Gasteiger partial charge < -0.3 is 19.0 Å². The molecule has 0 atom stereocenters. The molecule has 112 valence electrons. The highest BCUT2D eigenvalue weighted by Crippen LogP contribution is 2.21. The summed E-state index contributed by atoms with van der Waals surface area (Å²) in [5.41, 5.74) is 1.18. The highest BCUT2D eigenvalue weighted by molar-refractivity contribution is 5.91. The smallest absolute Gasteiger partial charge is 0.335 e. The molecule has 3 aromatic rings. The molecule has 6 heteroatoms. The van der Waals surface area contributed by atoms with Crippen LogP contribution in [0.3, 0.4) is 0 Å². The minimum Gasteiger partial charge on any atom is -0.497 e. The molecule has 1 heterocycles. The van der Waals surface area contributed by atoms with E-state index in [1.807, 2.05) is 12.1 Å². The second-order valence-corrected chi connectivity index (χ2v) is 4.56. The van der Waals surface area contributed by atoms with Gasteiger partial charge >= 0.3 is 5.97 Å². The van der Waals surface area contributed by atoms with E-state index in [9.17, 15) is 4.79 Å². The first-order chi connectivity index (χ1) is 10.7. The topological polar surface area (TPSA) is 81.8 Å². The molecule has 2 aromatic carbocycles. The van der Waals surface area contributed by atoms with Gasteiger partial charge in [0.05, 0.1) is 12.7 Å². The first kappa shape index (κ1) is 13.9. The molecule has 0 fully saturated rings. The number of hydrogen-bond donors (Lipinski definition) is 1. The summed E-state index contributed by atoms with van der Waals surface area (Å²) in [5.74, 6) is 0.702. The van der Waals surface area contributed by atoms with Crippen LogP contribution in [0.2, 0.25) is 0 Å². The molecule has 0 radical (unpaired) electrons. The number of aromatic carboxylic acids is 1. The van der Waals surface area contributed by atoms with Crippen molar-refractivity contribution in [2.24, 2.45) is 0 Å². The summed E-state index contributed by atoms with van der Waals surface area (Å²) in [6.07, 6.45) is 0. The van der Waals surface area contributed by atoms with Gasteiger partial charge in [-0.2, -0.15) is 0 Å². The molecule has 0 saturated heterocycles. The fourth-order valence-electron chi connectivity index (χ4n) is 2.01. The molecule has 0 aliphatic heterocycles. The number of oxazole rings is 1. The number of aromatic nitrogens is 1. The van der Waals surface area contributed by atoms with Gasteiger partial charge in [0, 0.05) is 6.07 Å². The summed E-state index contributed by atoms with van der Waals surface area (Å²) < 4.78 is 16.2. The molecular formula is C16H13NO5. The summed E-state index contributed by atoms with van der Waals surface area (Å²) in [7, 11) is 1.58. The van der Waals surface area contributed by atoms with Crippen molar-refractivity contribution in [3.05, 3.63) is 53.9 Å². The molecule has 0 amide bonds. The van der Waals surface area contributed by atoms with Crippen LogP contribution >= 0.6 is 0 Å². The lowest BCUT2D eigenvalue weighted by atomic mass is 10.2. The summed E-state index contributed by atoms with van der Waals surface area (Å²) in [6, 6.07) is 11.7. The van der Waals surface area contributed by atoms with Crippen LogP contribution < -0.4 is 9.47 Å². The summed E-state index contributed by atoms with van der Waals surface area (Å²) in [5, 5.41) is 8.96. The lowest BCUT2D eigenvalue weighted by Gasteiger charge is -2.05. The van der Waals surface area contributed by atoms with Gasteiger partial charge in [-0.3, -0.25) is 0 Å². The van der Waals surface area contributed by atoms with Gasteiger partial charge in [-0.25, -0.2) is 9.78 Å². The number of carbonyl (C=O) groups is 1. The molecular weight excluding hydrogens is 286 g/mol. The second kappa shape index (κ2) is 5.77. The first-order valence-electron chi connectivity index (χ1n) is 6.55. The van der Waals surface area contributed by atoms with E-state index in [1.165, 1.54) is 12.1 Å². The third kappa shape index (κ3) is 2.85. The Labute approximate surface area is 125 Å². The Morgan fingerprint density at radius 1 is 1.23 bits per heavy atom. The van der Waals surface area contributed by atoms with Crippen molar-refractivity contribution < 1.29 is 23.8 Å². The fraction of sp³-hybridized carbons (Fsp3) is 0.125. The Kier molecular flexibility index (Phi) is 3.65. The number of benzene rings is 2. The fourth-order valence-corrected chi connectivity index (χ4v) is 2.01. The Morgan fingerprint density at radius 2 is 2.05 bits per heavy atom. The van der Waals surface area contributed by atoms with Gasteiger partial charge in [-0.05, 0) is 30.3 Å². The standard InChI is InChI=1S/C16H13NO5/c1-20-11-3-2-4-12(8-11)21-9-15-17-13-7-10(16(18)19)5-6-14(13)22-15/h2-8H,9H2,1H3,(H,18,19). The van der Waals surface area contributed by atoms with Gasteiger partial charge in [0.15, 0.2) is 12.2 Å². The minimum absolute atomic E-state index is 0.143. The van der Waals surface area contributed by atoms with E-state index < -0.39 is 5.97 Å². The van der Waals surface area contributed by atoms with E-state index in [0.717, 1.165) is 0 Å². The molecule has 0 unspecified atom stereocenters. The van der Waals surface area contributed by atoms with Crippen molar-refractivity contribution in [3.8, 4) is 11.5 Å². The van der Waals surface area contributed by atoms with Crippen LogP contribution in [0.25, 0.3) is 11.1 Å². The van der Waals surface area contributed by atoms with E-state index in [4.69, 9.17) is 19.0 Å². The number of rotatable bonds is 5. The lowest BCUT2D eigenvalue weighted by molar-refractivity contribution is 0.0697. The van der Waals surface area contributed by atoms with Crippen LogP contribution in [0.5, 0.6) is 11.5 Å². The van der Waals surface area contributed by atoms with E-state index in [2.05, 4.69) is 4.98 Å². The number of carboxylic acids is 1. The molecule has 3 rings (SSSR count). The van der Waals surface area contributed by atoms with Crippen LogP contribution in [0.1, 0.15) is 16.2 Å². The number of methoxy groups -OCH3 is 1. The Morgan fingerprint density at radius 3 is 2.82 bits per heavy atom. The molecule has 22 heavy (non-hydrogen) atoms. The van der Waals surface area contributed by atoms with E-state index >= 15 is 0 Å². The molecule has 1 N–H and O–H groups in total. The normalized spacial score (nSPS) is 10.6. The third-order valence-electron chi connectivity index (χ3n) is 3.08. The monoisotopic (exact) mass is 299 g/mol. The van der Waals surface area contributed by atoms with Crippen molar-refractivity contribution in [2.75, 3.05) is 7.11 Å². The Balaban J connectivity index is 1.77. The summed E-state index contributed by atoms with van der Waals surface area (Å²) in [4.78, 5) is 15.2. The minimum atomic E-state index is -1.00. The zero-order valence-corrected chi connectivity index (χ0v) is 11.8. The number of fused-ring (bicyclic) bond motifs is 1. The van der Waals surface area contributed by atoms with Crippen molar-refractivity contribution in [1.29, 1.82) is 0 Å². The highest BCUT2D eigenvalue weighted by atomic mass is 16.5. The van der Waals surface area contributed by atoms with E-state index in [-0.39, 0.29) is 12.2 Å². The molecule has 0 spiro atoms. The van der Waals surface area contributed by atoms with Crippen LogP contribution in [-0.4, -0.2) is 23.2 Å². The predicted octanol–water partition coefficient (Wildman–Crippen LogP) is 3.11. The summed E-state index contributed by atoms with van der Waals surface area (Å²) >= 11 is 0. The molecule has 6 nitrogen and oxygen atoms in total. The predicted molar refractivity (Wildman–Crippen MR) is 78.3 cm³/mol. The van der Waals surface area contributed by atoms with Crippen molar-refractivity contribution >= 4 is 17.1 Å². The van der Waals surface area contributed by atoms with E-state index in [1.54, 1.807) is 25.3 Å². The number of carboxylic acid groups (broad SMARTS) is 1. The van der Waals surface area contributed by atoms with Gasteiger partial charge in [0.2, 0.25) is 5.89 Å². The lowest BCUT2D eigenvalue weighted by Crippen LogP contribution is -1.96. The second-order valence-electron chi connectivity index (χ2n) is 4.56. The maximum absolute atomic E-state index is 10.9. The quantitative estimate of drug-likeness (QED) is 0.779. The van der Waals surface area contributed by atoms with Crippen LogP contribution in [0, 0.1) is 0 Å². The van der Waals surface area contributed by atoms with Crippen molar-refractivity contribution in [1.82, 2.24) is 4.98 Å². The molecule has 0 saturated carbocycles. The van der Waals surface area contributed by atoms with Gasteiger partial charge in [-0.15, -0.1) is 0 Å². The van der Waals surface area contributed by atoms with Crippen molar-refractivity contribution in [2.45, 2.75) is 6.61 Å². The SMILES string of the molecule is COc1cccc(OCc2nc3cc(C(=O)O)ccc3o2)c1. The largest absolute Gasteiger partial charge is 0.497 e. The number of hydrogen-bond acceptors (Lipinski definition) is 5. The highest BCUT2D eigenvalue weighted by Gasteiger charge is 2.10. The molecule has 0 aliphatic carbocycles. The molecule has 0 aliphatic rings. The molecule has 1 aromatic heterocycles. The van der Waals surface area contributed by atoms with Gasteiger partial charge in [0.1, 0.15) is 17.0 Å². The first-order valence-corrected chi connectivity index (χ1v) is 6.55. The average molecular weight is 299 g/mol. The summed E-state index contributed by atoms with van der Waals surface area (Å²) in [6.45, 7) is 0.143. The van der Waals surface area contributed by atoms with E-state index in [0.29, 0.717) is 28.5 Å². The zero-order chi connectivity index (χ0) is 15.5. The van der Waals surface area contributed by atoms with Crippen LogP contribution in [0.15, 0.2) is 46.9 Å². The zero-order valence-electron chi connectivity index (χ0n) is 11.8. The Bertz CT molecular complexity index is 824. The van der Waals surface area contributed by atoms with Crippen LogP contribution in [0.4, 0.5) is 0 Å². The maximum Gasteiger partial charge on any atom is 0.335 e. The van der Waals surface area contributed by atoms with Crippen molar-refractivity contribution in [3.63, 3.8) is 0 Å². The third-order valence-corrected chi connectivity index (χ3v) is 3.08. The average Bonchev–Trinajstić information content (AvgIpc) is 2.95. The maximum atomic E-state index is 10.9. The molecule has 0 bridgehead atoms. The Hall–Kier alpha value is -3.02. The van der Waals surface area contributed by atoms with Gasteiger partial charge in [0.25, 0.3) is 0 Å². The van der Waals surface area contributed by atoms with Gasteiger partial charge in [-0.1, -0.05) is 6.07 Å².